The van der Waals surface area contributed by atoms with Crippen molar-refractivity contribution in [1.82, 2.24) is 0 Å². The number of anilines is 2. The van der Waals surface area contributed by atoms with Gasteiger partial charge >= 0.3 is 5.97 Å². The molecule has 194 valence electrons. The normalized spacial score (nSPS) is 11.8. The Morgan fingerprint density at radius 1 is 1.05 bits per heavy atom. The number of nitrogens with one attached hydrogen (secondary N) is 2. The first-order valence-corrected chi connectivity index (χ1v) is 12.1. The second-order valence-corrected chi connectivity index (χ2v) is 9.45. The van der Waals surface area contributed by atoms with Crippen molar-refractivity contribution in [1.29, 1.82) is 0 Å². The van der Waals surface area contributed by atoms with Crippen molar-refractivity contribution < 1.29 is 36.8 Å². The molecule has 2 N–H and O–H groups in total. The lowest BCUT2D eigenvalue weighted by Crippen LogP contribution is -2.30. The molecule has 3 aromatic carbocycles. The average molecular weight is 532 g/mol. The largest absolute Gasteiger partial charge is 0.495 e. The zero-order chi connectivity index (χ0) is 27.3. The quantitative estimate of drug-likeness (QED) is 0.238. The van der Waals surface area contributed by atoms with Gasteiger partial charge in [0.1, 0.15) is 11.6 Å². The highest BCUT2D eigenvalue weighted by molar-refractivity contribution is 7.92. The van der Waals surface area contributed by atoms with Gasteiger partial charge < -0.3 is 14.8 Å². The van der Waals surface area contributed by atoms with E-state index in [1.807, 2.05) is 0 Å². The summed E-state index contributed by atoms with van der Waals surface area (Å²) in [6.07, 6.45) is -1.35. The molecule has 13 heteroatoms. The van der Waals surface area contributed by atoms with Gasteiger partial charge in [-0.15, -0.1) is 0 Å². The third-order valence-electron chi connectivity index (χ3n) is 5.14. The number of benzene rings is 3. The number of rotatable bonds is 9. The monoisotopic (exact) mass is 531 g/mol. The van der Waals surface area contributed by atoms with Gasteiger partial charge in [-0.25, -0.2) is 17.6 Å². The molecule has 0 bridgehead atoms. The third kappa shape index (κ3) is 6.58. The van der Waals surface area contributed by atoms with E-state index in [-0.39, 0.29) is 33.3 Å². The number of hydrogen-bond donors (Lipinski definition) is 2. The highest BCUT2D eigenvalue weighted by Gasteiger charge is 2.24. The molecule has 0 unspecified atom stereocenters. The van der Waals surface area contributed by atoms with E-state index < -0.39 is 38.7 Å². The number of aryl methyl sites for hydroxylation is 1. The van der Waals surface area contributed by atoms with Crippen LogP contribution in [0.2, 0.25) is 0 Å². The molecule has 0 saturated carbocycles. The predicted octanol–water partition coefficient (Wildman–Crippen LogP) is 4.04. The van der Waals surface area contributed by atoms with Crippen LogP contribution in [0.3, 0.4) is 0 Å². The van der Waals surface area contributed by atoms with Gasteiger partial charge in [0, 0.05) is 17.8 Å². The number of carbonyl (C=O) groups excluding carboxylic acids is 2. The topological polar surface area (TPSA) is 154 Å². The lowest BCUT2D eigenvalue weighted by Gasteiger charge is -2.16. The van der Waals surface area contributed by atoms with Gasteiger partial charge in [0.2, 0.25) is 0 Å². The lowest BCUT2D eigenvalue weighted by molar-refractivity contribution is -0.384. The van der Waals surface area contributed by atoms with Gasteiger partial charge in [-0.3, -0.25) is 19.6 Å². The number of amides is 1. The zero-order valence-electron chi connectivity index (χ0n) is 19.9. The first kappa shape index (κ1) is 27.1. The second-order valence-electron chi connectivity index (χ2n) is 7.77. The van der Waals surface area contributed by atoms with Crippen LogP contribution in [0, 0.1) is 22.9 Å². The van der Waals surface area contributed by atoms with Crippen LogP contribution in [0.4, 0.5) is 21.5 Å². The van der Waals surface area contributed by atoms with E-state index in [1.54, 1.807) is 6.92 Å². The molecule has 0 saturated heterocycles. The van der Waals surface area contributed by atoms with Gasteiger partial charge in [-0.1, -0.05) is 6.07 Å². The molecule has 3 aromatic rings. The Hall–Kier alpha value is -4.52. The van der Waals surface area contributed by atoms with E-state index in [2.05, 4.69) is 10.0 Å². The van der Waals surface area contributed by atoms with E-state index in [4.69, 9.17) is 9.47 Å². The van der Waals surface area contributed by atoms with Crippen LogP contribution in [0.25, 0.3) is 0 Å². The lowest BCUT2D eigenvalue weighted by atomic mass is 10.1. The van der Waals surface area contributed by atoms with Crippen LogP contribution < -0.4 is 14.8 Å². The van der Waals surface area contributed by atoms with Crippen LogP contribution in [0.5, 0.6) is 5.75 Å². The molecule has 3 rings (SSSR count). The molecule has 1 atom stereocenters. The fourth-order valence-electron chi connectivity index (χ4n) is 3.14. The van der Waals surface area contributed by atoms with Crippen LogP contribution in [0.1, 0.15) is 22.8 Å². The van der Waals surface area contributed by atoms with Crippen LogP contribution >= 0.6 is 0 Å². The standard InChI is InChI=1S/C24H22FN3O8S/c1-14-4-10-19(37(33,34)27-17-7-5-16(25)6-8-17)13-20(14)24(30)36-15(2)23(29)26-21-12-18(28(31)32)9-11-22(21)35-3/h4-13,15,27H,1-3H3,(H,26,29)/t15-/m0/s1. The highest BCUT2D eigenvalue weighted by Crippen LogP contribution is 2.29. The number of nitro groups is 1. The SMILES string of the molecule is COc1ccc([N+](=O)[O-])cc1NC(=O)[C@H](C)OC(=O)c1cc(S(=O)(=O)Nc2ccc(F)cc2)ccc1C. The Morgan fingerprint density at radius 3 is 2.35 bits per heavy atom. The summed E-state index contributed by atoms with van der Waals surface area (Å²) < 4.78 is 51.2. The van der Waals surface area contributed by atoms with Crippen LogP contribution in [-0.2, 0) is 19.6 Å². The minimum Gasteiger partial charge on any atom is -0.495 e. The van der Waals surface area contributed by atoms with E-state index in [0.717, 1.165) is 24.3 Å². The summed E-state index contributed by atoms with van der Waals surface area (Å²) >= 11 is 0. The Bertz CT molecular complexity index is 1460. The maximum atomic E-state index is 13.1. The summed E-state index contributed by atoms with van der Waals surface area (Å²) in [6, 6.07) is 12.0. The number of hydrogen-bond acceptors (Lipinski definition) is 8. The van der Waals surface area contributed by atoms with Gasteiger partial charge in [-0.05, 0) is 61.9 Å². The molecule has 0 radical (unpaired) electrons. The number of methoxy groups -OCH3 is 1. The Morgan fingerprint density at radius 2 is 1.73 bits per heavy atom. The summed E-state index contributed by atoms with van der Waals surface area (Å²) in [7, 11) is -2.82. The van der Waals surface area contributed by atoms with Crippen molar-refractivity contribution in [3.05, 3.63) is 87.7 Å². The third-order valence-corrected chi connectivity index (χ3v) is 6.52. The van der Waals surface area contributed by atoms with E-state index >= 15 is 0 Å². The van der Waals surface area contributed by atoms with Crippen molar-refractivity contribution in [2.24, 2.45) is 0 Å². The number of sulfonamides is 1. The highest BCUT2D eigenvalue weighted by atomic mass is 32.2. The second kappa shape index (κ2) is 11.0. The van der Waals surface area contributed by atoms with E-state index in [9.17, 15) is 32.5 Å². The molecule has 0 aromatic heterocycles. The number of nitrogens with zero attached hydrogens (tertiary/aromatic N) is 1. The number of non-ortho nitro benzene ring substituents is 1. The molecule has 0 aliphatic heterocycles. The minimum atomic E-state index is -4.13. The number of halogens is 1. The Labute approximate surface area is 211 Å². The molecule has 37 heavy (non-hydrogen) atoms. The molecule has 0 fully saturated rings. The van der Waals surface area contributed by atoms with Crippen molar-refractivity contribution >= 4 is 39.0 Å². The maximum Gasteiger partial charge on any atom is 0.339 e. The summed E-state index contributed by atoms with van der Waals surface area (Å²) in [5, 5.41) is 13.5. The zero-order valence-corrected chi connectivity index (χ0v) is 20.7. The van der Waals surface area contributed by atoms with Gasteiger partial charge in [0.05, 0.1) is 28.2 Å². The number of nitro benzene ring substituents is 1. The van der Waals surface area contributed by atoms with Gasteiger partial charge in [0.25, 0.3) is 21.6 Å². The van der Waals surface area contributed by atoms with E-state index in [0.29, 0.717) is 5.56 Å². The van der Waals surface area contributed by atoms with Crippen molar-refractivity contribution in [2.75, 3.05) is 17.1 Å². The smallest absolute Gasteiger partial charge is 0.339 e. The first-order valence-electron chi connectivity index (χ1n) is 10.6. The maximum absolute atomic E-state index is 13.1. The summed E-state index contributed by atoms with van der Waals surface area (Å²) in [6.45, 7) is 2.84. The number of esters is 1. The van der Waals surface area contributed by atoms with Crippen molar-refractivity contribution in [3.8, 4) is 5.75 Å². The summed E-state index contributed by atoms with van der Waals surface area (Å²) in [5.74, 6) is -2.15. The molecule has 1 amide bonds. The van der Waals surface area contributed by atoms with Crippen molar-refractivity contribution in [2.45, 2.75) is 24.8 Å². The van der Waals surface area contributed by atoms with Crippen LogP contribution in [0.15, 0.2) is 65.6 Å². The van der Waals surface area contributed by atoms with Crippen molar-refractivity contribution in [3.63, 3.8) is 0 Å². The molecule has 0 aliphatic rings. The molecule has 0 aliphatic carbocycles. The molecule has 11 nitrogen and oxygen atoms in total. The van der Waals surface area contributed by atoms with E-state index in [1.165, 1.54) is 50.4 Å². The minimum absolute atomic E-state index is 0.000683. The molecular formula is C24H22FN3O8S. The average Bonchev–Trinajstić information content (AvgIpc) is 2.85. The molecular weight excluding hydrogens is 509 g/mol. The Balaban J connectivity index is 1.76. The van der Waals surface area contributed by atoms with Gasteiger partial charge in [-0.2, -0.15) is 0 Å². The molecule has 0 spiro atoms. The predicted molar refractivity (Wildman–Crippen MR) is 132 cm³/mol. The number of ether oxygens (including phenoxy) is 2. The summed E-state index contributed by atoms with van der Waals surface area (Å²) in [4.78, 5) is 35.6. The Kier molecular flexibility index (Phi) is 8.07. The fraction of sp³-hybridized carbons (Fsp3) is 0.167. The first-order chi connectivity index (χ1) is 17.4. The number of carbonyl (C=O) groups is 2. The fourth-order valence-corrected chi connectivity index (χ4v) is 4.22. The van der Waals surface area contributed by atoms with Gasteiger partial charge in [0.15, 0.2) is 6.10 Å². The van der Waals surface area contributed by atoms with Crippen LogP contribution in [-0.4, -0.2) is 38.4 Å². The summed E-state index contributed by atoms with van der Waals surface area (Å²) in [5.41, 5.74) is 0.116. The molecule has 0 heterocycles.